The van der Waals surface area contributed by atoms with E-state index in [0.717, 1.165) is 24.4 Å². The van der Waals surface area contributed by atoms with E-state index in [1.165, 1.54) is 0 Å². The average molecular weight is 240 g/mol. The summed E-state index contributed by atoms with van der Waals surface area (Å²) in [5.74, 6) is -0.0293. The van der Waals surface area contributed by atoms with Gasteiger partial charge < -0.3 is 20.3 Å². The molecule has 0 atom stereocenters. The minimum atomic E-state index is -1.49. The zero-order chi connectivity index (χ0) is 11.5. The van der Waals surface area contributed by atoms with Crippen LogP contribution >= 0.6 is 11.3 Å². The molecular formula is C9H13BN2O3S. The van der Waals surface area contributed by atoms with Gasteiger partial charge in [0, 0.05) is 31.0 Å². The first-order chi connectivity index (χ1) is 7.68. The highest BCUT2D eigenvalue weighted by atomic mass is 32.1. The van der Waals surface area contributed by atoms with Crippen molar-refractivity contribution in [1.29, 1.82) is 0 Å². The highest BCUT2D eigenvalue weighted by Crippen LogP contribution is 2.11. The molecule has 7 heteroatoms. The van der Waals surface area contributed by atoms with Gasteiger partial charge in [-0.25, -0.2) is 0 Å². The van der Waals surface area contributed by atoms with Crippen LogP contribution in [0.5, 0.6) is 0 Å². The number of carbonyl (C=O) groups is 1. The Bertz CT molecular complexity index is 377. The Morgan fingerprint density at radius 3 is 2.62 bits per heavy atom. The number of rotatable bonds is 2. The van der Waals surface area contributed by atoms with Crippen LogP contribution in [0, 0.1) is 0 Å². The molecule has 0 aromatic carbocycles. The van der Waals surface area contributed by atoms with Crippen molar-refractivity contribution in [2.24, 2.45) is 0 Å². The van der Waals surface area contributed by atoms with Gasteiger partial charge in [0.25, 0.3) is 5.91 Å². The highest BCUT2D eigenvalue weighted by molar-refractivity contribution is 7.23. The second-order valence-electron chi connectivity index (χ2n) is 3.62. The molecule has 0 saturated carbocycles. The molecule has 1 aliphatic heterocycles. The van der Waals surface area contributed by atoms with E-state index >= 15 is 0 Å². The molecule has 5 nitrogen and oxygen atoms in total. The van der Waals surface area contributed by atoms with Gasteiger partial charge in [-0.05, 0) is 6.07 Å². The molecule has 1 aromatic rings. The molecule has 1 saturated heterocycles. The van der Waals surface area contributed by atoms with E-state index in [1.807, 2.05) is 0 Å². The monoisotopic (exact) mass is 240 g/mol. The fraction of sp³-hybridized carbons (Fsp3) is 0.444. The van der Waals surface area contributed by atoms with Crippen molar-refractivity contribution in [2.75, 3.05) is 26.2 Å². The van der Waals surface area contributed by atoms with Gasteiger partial charge >= 0.3 is 7.12 Å². The third-order valence-corrected chi connectivity index (χ3v) is 3.61. The van der Waals surface area contributed by atoms with Gasteiger partial charge in [-0.3, -0.25) is 4.79 Å². The van der Waals surface area contributed by atoms with Crippen LogP contribution in [0.15, 0.2) is 12.1 Å². The molecule has 1 aromatic heterocycles. The van der Waals surface area contributed by atoms with E-state index in [-0.39, 0.29) is 5.91 Å². The smallest absolute Gasteiger partial charge is 0.423 e. The fourth-order valence-corrected chi connectivity index (χ4v) is 2.48. The van der Waals surface area contributed by atoms with Gasteiger partial charge in [-0.1, -0.05) is 6.07 Å². The Hall–Kier alpha value is -0.885. The van der Waals surface area contributed by atoms with E-state index in [0.29, 0.717) is 22.7 Å². The lowest BCUT2D eigenvalue weighted by Gasteiger charge is -2.26. The Kier molecular flexibility index (Phi) is 3.60. The third kappa shape index (κ3) is 2.44. The zero-order valence-corrected chi connectivity index (χ0v) is 9.54. The first kappa shape index (κ1) is 11.6. The molecule has 0 unspecified atom stereocenters. The summed E-state index contributed by atoms with van der Waals surface area (Å²) in [7, 11) is -1.49. The Morgan fingerprint density at radius 1 is 1.38 bits per heavy atom. The standard InChI is InChI=1S/C9H13BN2O3S/c13-9(12-5-3-11-4-6-12)7-1-2-8(16-7)10(14)15/h1-2,11,14-15H,3-6H2. The van der Waals surface area contributed by atoms with Gasteiger partial charge in [-0.2, -0.15) is 0 Å². The van der Waals surface area contributed by atoms with Crippen LogP contribution in [0.2, 0.25) is 0 Å². The number of nitrogens with one attached hydrogen (secondary N) is 1. The second-order valence-corrected chi connectivity index (χ2v) is 4.73. The SMILES string of the molecule is O=C(c1ccc(B(O)O)s1)N1CCNCC1. The maximum Gasteiger partial charge on any atom is 0.499 e. The van der Waals surface area contributed by atoms with Gasteiger partial charge in [0.1, 0.15) is 0 Å². The lowest BCUT2D eigenvalue weighted by atomic mass is 9.90. The van der Waals surface area contributed by atoms with E-state index < -0.39 is 7.12 Å². The lowest BCUT2D eigenvalue weighted by Crippen LogP contribution is -2.46. The van der Waals surface area contributed by atoms with Gasteiger partial charge in [0.05, 0.1) is 4.88 Å². The quantitative estimate of drug-likeness (QED) is 0.548. The largest absolute Gasteiger partial charge is 0.499 e. The summed E-state index contributed by atoms with van der Waals surface area (Å²) in [5.41, 5.74) is 0. The molecule has 2 heterocycles. The third-order valence-electron chi connectivity index (χ3n) is 2.50. The van der Waals surface area contributed by atoms with Crippen LogP contribution in [0.1, 0.15) is 9.67 Å². The summed E-state index contributed by atoms with van der Waals surface area (Å²) < 4.78 is 0.401. The maximum atomic E-state index is 12.0. The van der Waals surface area contributed by atoms with Gasteiger partial charge in [0.15, 0.2) is 0 Å². The summed E-state index contributed by atoms with van der Waals surface area (Å²) in [6.07, 6.45) is 0. The number of hydrogen-bond donors (Lipinski definition) is 3. The van der Waals surface area contributed by atoms with Crippen LogP contribution in [-0.4, -0.2) is 54.2 Å². The van der Waals surface area contributed by atoms with Crippen LogP contribution in [0.4, 0.5) is 0 Å². The normalized spacial score (nSPS) is 16.2. The lowest BCUT2D eigenvalue weighted by molar-refractivity contribution is 0.0740. The fourth-order valence-electron chi connectivity index (χ4n) is 1.63. The maximum absolute atomic E-state index is 12.0. The molecule has 16 heavy (non-hydrogen) atoms. The molecule has 0 radical (unpaired) electrons. The highest BCUT2D eigenvalue weighted by Gasteiger charge is 2.21. The Morgan fingerprint density at radius 2 is 2.06 bits per heavy atom. The van der Waals surface area contributed by atoms with Crippen molar-refractivity contribution >= 4 is 29.1 Å². The summed E-state index contributed by atoms with van der Waals surface area (Å²) in [6.45, 7) is 3.03. The molecule has 0 bridgehead atoms. The van der Waals surface area contributed by atoms with Crippen LogP contribution in [-0.2, 0) is 0 Å². The average Bonchev–Trinajstić information content (AvgIpc) is 2.78. The van der Waals surface area contributed by atoms with E-state index in [2.05, 4.69) is 5.32 Å². The van der Waals surface area contributed by atoms with Crippen molar-refractivity contribution in [3.63, 3.8) is 0 Å². The predicted molar refractivity (Wildman–Crippen MR) is 62.9 cm³/mol. The molecule has 1 fully saturated rings. The van der Waals surface area contributed by atoms with Crippen molar-refractivity contribution < 1.29 is 14.8 Å². The topological polar surface area (TPSA) is 72.8 Å². The number of piperazine rings is 1. The Balaban J connectivity index is 2.07. The summed E-state index contributed by atoms with van der Waals surface area (Å²) >= 11 is 1.13. The number of carbonyl (C=O) groups excluding carboxylic acids is 1. The molecule has 1 amide bonds. The van der Waals surface area contributed by atoms with Gasteiger partial charge in [-0.15, -0.1) is 11.3 Å². The van der Waals surface area contributed by atoms with E-state index in [1.54, 1.807) is 17.0 Å². The minimum absolute atomic E-state index is 0.0293. The first-order valence-corrected chi connectivity index (χ1v) is 5.96. The summed E-state index contributed by atoms with van der Waals surface area (Å²) in [5, 5.41) is 21.1. The second kappa shape index (κ2) is 4.96. The van der Waals surface area contributed by atoms with Crippen LogP contribution < -0.4 is 10.1 Å². The summed E-state index contributed by atoms with van der Waals surface area (Å²) in [6, 6.07) is 3.22. The minimum Gasteiger partial charge on any atom is -0.423 e. The Labute approximate surface area is 97.8 Å². The molecule has 3 N–H and O–H groups in total. The number of nitrogens with zero attached hydrogens (tertiary/aromatic N) is 1. The van der Waals surface area contributed by atoms with Crippen molar-refractivity contribution in [2.45, 2.75) is 0 Å². The van der Waals surface area contributed by atoms with Crippen molar-refractivity contribution in [1.82, 2.24) is 10.2 Å². The van der Waals surface area contributed by atoms with E-state index in [9.17, 15) is 4.79 Å². The molecule has 86 valence electrons. The van der Waals surface area contributed by atoms with Crippen LogP contribution in [0.3, 0.4) is 0 Å². The van der Waals surface area contributed by atoms with E-state index in [4.69, 9.17) is 10.0 Å². The molecule has 0 aliphatic carbocycles. The zero-order valence-electron chi connectivity index (χ0n) is 8.72. The number of amides is 1. The molecule has 2 rings (SSSR count). The molecule has 0 spiro atoms. The predicted octanol–water partition coefficient (Wildman–Crippen LogP) is -1.53. The number of thiophene rings is 1. The number of hydrogen-bond acceptors (Lipinski definition) is 5. The molecule has 1 aliphatic rings. The molecular weight excluding hydrogens is 227 g/mol. The summed E-state index contributed by atoms with van der Waals surface area (Å²) in [4.78, 5) is 14.3. The van der Waals surface area contributed by atoms with Crippen LogP contribution in [0.25, 0.3) is 0 Å². The first-order valence-electron chi connectivity index (χ1n) is 5.14. The van der Waals surface area contributed by atoms with Crippen molar-refractivity contribution in [3.05, 3.63) is 17.0 Å². The van der Waals surface area contributed by atoms with Crippen molar-refractivity contribution in [3.8, 4) is 0 Å². The van der Waals surface area contributed by atoms with Gasteiger partial charge in [0.2, 0.25) is 0 Å².